The summed E-state index contributed by atoms with van der Waals surface area (Å²) in [5.74, 6) is -2.50. The fourth-order valence-corrected chi connectivity index (χ4v) is 2.35. The van der Waals surface area contributed by atoms with Gasteiger partial charge in [-0.1, -0.05) is 17.7 Å². The molecule has 0 bridgehead atoms. The van der Waals surface area contributed by atoms with Crippen LogP contribution in [0.5, 0.6) is 0 Å². The van der Waals surface area contributed by atoms with E-state index in [1.807, 2.05) is 0 Å². The van der Waals surface area contributed by atoms with Gasteiger partial charge < -0.3 is 14.8 Å². The Hall–Kier alpha value is -3.46. The summed E-state index contributed by atoms with van der Waals surface area (Å²) in [6.45, 7) is 1.33. The highest BCUT2D eigenvalue weighted by Crippen LogP contribution is 2.20. The largest absolute Gasteiger partial charge is 0.465 e. The summed E-state index contributed by atoms with van der Waals surface area (Å²) in [5.41, 5.74) is -0.550. The van der Waals surface area contributed by atoms with Gasteiger partial charge >= 0.3 is 11.9 Å². The Morgan fingerprint density at radius 2 is 1.75 bits per heavy atom. The molecule has 9 nitrogen and oxygen atoms in total. The lowest BCUT2D eigenvalue weighted by Crippen LogP contribution is -2.30. The molecular formula is C18H15ClN2O7. The second-order valence-corrected chi connectivity index (χ2v) is 6.00. The molecule has 2 aromatic rings. The summed E-state index contributed by atoms with van der Waals surface area (Å²) >= 11 is 5.84. The lowest BCUT2D eigenvalue weighted by Gasteiger charge is -2.14. The van der Waals surface area contributed by atoms with Crippen LogP contribution in [0.4, 0.5) is 11.4 Å². The number of amides is 1. The molecule has 0 saturated heterocycles. The number of halogens is 1. The monoisotopic (exact) mass is 406 g/mol. The molecule has 146 valence electrons. The summed E-state index contributed by atoms with van der Waals surface area (Å²) in [6.07, 6.45) is -1.22. The average Bonchev–Trinajstić information content (AvgIpc) is 2.66. The first-order chi connectivity index (χ1) is 13.2. The molecule has 2 aromatic carbocycles. The van der Waals surface area contributed by atoms with Crippen molar-refractivity contribution in [2.24, 2.45) is 0 Å². The van der Waals surface area contributed by atoms with Crippen molar-refractivity contribution in [3.63, 3.8) is 0 Å². The Labute approximate surface area is 164 Å². The van der Waals surface area contributed by atoms with E-state index in [9.17, 15) is 24.5 Å². The smallest absolute Gasteiger partial charge is 0.339 e. The van der Waals surface area contributed by atoms with Gasteiger partial charge in [0.05, 0.1) is 23.2 Å². The highest BCUT2D eigenvalue weighted by Gasteiger charge is 2.23. The molecule has 1 amide bonds. The Morgan fingerprint density at radius 1 is 1.11 bits per heavy atom. The van der Waals surface area contributed by atoms with Crippen molar-refractivity contribution < 1.29 is 28.8 Å². The van der Waals surface area contributed by atoms with Crippen molar-refractivity contribution in [1.29, 1.82) is 0 Å². The average molecular weight is 407 g/mol. The van der Waals surface area contributed by atoms with Crippen LogP contribution in [0.25, 0.3) is 0 Å². The SMILES string of the molecule is COC(=O)c1cc(C(=O)O[C@@H](C)C(=O)Nc2cccc(Cl)c2)cc([N+](=O)[O-])c1. The minimum atomic E-state index is -1.22. The number of nitrogens with one attached hydrogen (secondary N) is 1. The third-order valence-electron chi connectivity index (χ3n) is 3.53. The van der Waals surface area contributed by atoms with Gasteiger partial charge in [-0.25, -0.2) is 9.59 Å². The van der Waals surface area contributed by atoms with E-state index in [0.717, 1.165) is 25.3 Å². The molecule has 0 radical (unpaired) electrons. The molecule has 0 saturated carbocycles. The first-order valence-corrected chi connectivity index (χ1v) is 8.24. The van der Waals surface area contributed by atoms with E-state index in [4.69, 9.17) is 16.3 Å². The minimum absolute atomic E-state index is 0.195. The number of nitrogens with zero attached hydrogens (tertiary/aromatic N) is 1. The highest BCUT2D eigenvalue weighted by molar-refractivity contribution is 6.30. The van der Waals surface area contributed by atoms with E-state index in [1.165, 1.54) is 13.0 Å². The fourth-order valence-electron chi connectivity index (χ4n) is 2.16. The van der Waals surface area contributed by atoms with Gasteiger partial charge in [-0.05, 0) is 31.2 Å². The molecule has 1 N–H and O–H groups in total. The third-order valence-corrected chi connectivity index (χ3v) is 3.77. The lowest BCUT2D eigenvalue weighted by atomic mass is 10.1. The quantitative estimate of drug-likeness (QED) is 0.443. The van der Waals surface area contributed by atoms with Crippen LogP contribution in [0.1, 0.15) is 27.6 Å². The van der Waals surface area contributed by atoms with E-state index < -0.39 is 34.6 Å². The summed E-state index contributed by atoms with van der Waals surface area (Å²) < 4.78 is 9.56. The summed E-state index contributed by atoms with van der Waals surface area (Å²) in [6, 6.07) is 9.36. The van der Waals surface area contributed by atoms with Gasteiger partial charge in [0.25, 0.3) is 11.6 Å². The first kappa shape index (κ1) is 20.8. The van der Waals surface area contributed by atoms with Crippen LogP contribution in [-0.2, 0) is 14.3 Å². The number of carbonyl (C=O) groups excluding carboxylic acids is 3. The van der Waals surface area contributed by atoms with Crippen LogP contribution in [0, 0.1) is 10.1 Å². The minimum Gasteiger partial charge on any atom is -0.465 e. The van der Waals surface area contributed by atoms with E-state index in [2.05, 4.69) is 10.1 Å². The third kappa shape index (κ3) is 5.27. The van der Waals surface area contributed by atoms with E-state index in [0.29, 0.717) is 10.7 Å². The van der Waals surface area contributed by atoms with Crippen LogP contribution in [0.3, 0.4) is 0 Å². The predicted molar refractivity (Wildman–Crippen MR) is 99.4 cm³/mol. The normalized spacial score (nSPS) is 11.2. The van der Waals surface area contributed by atoms with Crippen molar-refractivity contribution in [3.05, 3.63) is 68.7 Å². The number of non-ortho nitro benzene ring substituents is 1. The maximum atomic E-state index is 12.3. The van der Waals surface area contributed by atoms with Crippen LogP contribution in [0.15, 0.2) is 42.5 Å². The van der Waals surface area contributed by atoms with Crippen molar-refractivity contribution >= 4 is 40.8 Å². The van der Waals surface area contributed by atoms with E-state index >= 15 is 0 Å². The van der Waals surface area contributed by atoms with Gasteiger partial charge in [-0.2, -0.15) is 0 Å². The standard InChI is InChI=1S/C18H15ClN2O7/c1-10(16(22)20-14-5-3-4-13(19)9-14)28-18(24)12-6-11(17(23)27-2)7-15(8-12)21(25)26/h3-10H,1-2H3,(H,20,22)/t10-/m0/s1. The van der Waals surface area contributed by atoms with Crippen LogP contribution in [-0.4, -0.2) is 36.0 Å². The first-order valence-electron chi connectivity index (χ1n) is 7.86. The molecule has 0 spiro atoms. The van der Waals surface area contributed by atoms with Gasteiger partial charge in [0.15, 0.2) is 6.10 Å². The second-order valence-electron chi connectivity index (χ2n) is 5.56. The van der Waals surface area contributed by atoms with E-state index in [-0.39, 0.29) is 11.1 Å². The van der Waals surface area contributed by atoms with Crippen LogP contribution >= 0.6 is 11.6 Å². The number of methoxy groups -OCH3 is 1. The molecule has 0 unspecified atom stereocenters. The number of ether oxygens (including phenoxy) is 2. The van der Waals surface area contributed by atoms with E-state index in [1.54, 1.807) is 18.2 Å². The number of rotatable bonds is 6. The molecule has 2 rings (SSSR count). The summed E-state index contributed by atoms with van der Waals surface area (Å²) in [7, 11) is 1.10. The Balaban J connectivity index is 2.16. The molecule has 10 heteroatoms. The maximum Gasteiger partial charge on any atom is 0.339 e. The number of hydrogen-bond donors (Lipinski definition) is 1. The van der Waals surface area contributed by atoms with Crippen molar-refractivity contribution in [3.8, 4) is 0 Å². The predicted octanol–water partition coefficient (Wildman–Crippen LogP) is 3.22. The zero-order valence-electron chi connectivity index (χ0n) is 14.8. The van der Waals surface area contributed by atoms with Gasteiger partial charge in [0.2, 0.25) is 0 Å². The molecule has 1 atom stereocenters. The van der Waals surface area contributed by atoms with Crippen molar-refractivity contribution in [2.75, 3.05) is 12.4 Å². The Bertz CT molecular complexity index is 945. The Kier molecular flexibility index (Phi) is 6.67. The van der Waals surface area contributed by atoms with Crippen LogP contribution < -0.4 is 5.32 Å². The number of nitro benzene ring substituents is 1. The van der Waals surface area contributed by atoms with Gasteiger partial charge in [-0.3, -0.25) is 14.9 Å². The summed E-state index contributed by atoms with van der Waals surface area (Å²) in [4.78, 5) is 46.4. The Morgan fingerprint density at radius 3 is 2.32 bits per heavy atom. The topological polar surface area (TPSA) is 125 Å². The zero-order valence-corrected chi connectivity index (χ0v) is 15.6. The highest BCUT2D eigenvalue weighted by atomic mass is 35.5. The van der Waals surface area contributed by atoms with Gasteiger partial charge in [0.1, 0.15) is 0 Å². The van der Waals surface area contributed by atoms with Crippen molar-refractivity contribution in [2.45, 2.75) is 13.0 Å². The second kappa shape index (κ2) is 8.96. The molecule has 0 aliphatic rings. The van der Waals surface area contributed by atoms with Crippen molar-refractivity contribution in [1.82, 2.24) is 0 Å². The molecule has 0 fully saturated rings. The number of esters is 2. The summed E-state index contributed by atoms with van der Waals surface area (Å²) in [5, 5.41) is 14.0. The molecule has 0 aliphatic carbocycles. The molecule has 0 aliphatic heterocycles. The van der Waals surface area contributed by atoms with Crippen LogP contribution in [0.2, 0.25) is 5.02 Å². The number of anilines is 1. The number of benzene rings is 2. The van der Waals surface area contributed by atoms with Gasteiger partial charge in [-0.15, -0.1) is 0 Å². The molecular weight excluding hydrogens is 392 g/mol. The number of carbonyl (C=O) groups is 3. The fraction of sp³-hybridized carbons (Fsp3) is 0.167. The zero-order chi connectivity index (χ0) is 20.8. The van der Waals surface area contributed by atoms with Gasteiger partial charge in [0, 0.05) is 22.8 Å². The molecule has 28 heavy (non-hydrogen) atoms. The maximum absolute atomic E-state index is 12.3. The lowest BCUT2D eigenvalue weighted by molar-refractivity contribution is -0.384. The number of hydrogen-bond acceptors (Lipinski definition) is 7. The number of nitro groups is 1. The molecule has 0 heterocycles. The molecule has 0 aromatic heterocycles.